The van der Waals surface area contributed by atoms with Gasteiger partial charge in [-0.2, -0.15) is 5.26 Å². The Morgan fingerprint density at radius 3 is 2.24 bits per heavy atom. The van der Waals surface area contributed by atoms with E-state index in [1.165, 1.54) is 6.92 Å². The Bertz CT molecular complexity index is 913. The quantitative estimate of drug-likeness (QED) is 0.706. The lowest BCUT2D eigenvalue weighted by Gasteiger charge is -2.20. The van der Waals surface area contributed by atoms with Crippen LogP contribution in [-0.2, 0) is 14.3 Å². The number of ether oxygens (including phenoxy) is 2. The van der Waals surface area contributed by atoms with E-state index in [2.05, 4.69) is 19.2 Å². The number of carbonyl (C=O) groups excluding carboxylic acids is 2. The molecule has 0 aliphatic heterocycles. The highest BCUT2D eigenvalue weighted by molar-refractivity contribution is 5.96. The fraction of sp³-hybridized carbons (Fsp3) is 0.348. The van der Waals surface area contributed by atoms with Crippen molar-refractivity contribution in [3.63, 3.8) is 0 Å². The first-order valence-corrected chi connectivity index (χ1v) is 9.50. The van der Waals surface area contributed by atoms with Crippen LogP contribution in [0.15, 0.2) is 42.5 Å². The molecule has 6 heteroatoms. The van der Waals surface area contributed by atoms with Crippen LogP contribution in [-0.4, -0.2) is 24.1 Å². The first-order valence-electron chi connectivity index (χ1n) is 9.50. The fourth-order valence-corrected chi connectivity index (χ4v) is 2.75. The van der Waals surface area contributed by atoms with Gasteiger partial charge in [-0.3, -0.25) is 4.79 Å². The minimum absolute atomic E-state index is 0.240. The Morgan fingerprint density at radius 2 is 1.66 bits per heavy atom. The molecule has 2 rings (SSSR count). The lowest BCUT2D eigenvalue weighted by molar-refractivity contribution is -0.159. The van der Waals surface area contributed by atoms with Gasteiger partial charge in [0, 0.05) is 5.69 Å². The van der Waals surface area contributed by atoms with Gasteiger partial charge < -0.3 is 14.8 Å². The predicted molar refractivity (Wildman–Crippen MR) is 111 cm³/mol. The maximum atomic E-state index is 12.6. The van der Waals surface area contributed by atoms with E-state index >= 15 is 0 Å². The highest BCUT2D eigenvalue weighted by atomic mass is 16.6. The van der Waals surface area contributed by atoms with Gasteiger partial charge in [0.1, 0.15) is 5.75 Å². The molecule has 0 aliphatic carbocycles. The standard InChI is InChI=1S/C23H26N2O4/c1-14(2)20-8-6-7-15(3)21(20)25-22(26)16(4)29-23(27)17(5)28-19-11-9-18(13-24)10-12-19/h6-12,14,16-17H,1-5H3,(H,25,26)/t16-,17+/m0/s1. The normalized spacial score (nSPS) is 12.6. The predicted octanol–water partition coefficient (Wildman–Crippen LogP) is 4.33. The number of esters is 1. The number of hydrogen-bond donors (Lipinski definition) is 1. The van der Waals surface area contributed by atoms with Crippen LogP contribution in [0, 0.1) is 18.3 Å². The second-order valence-corrected chi connectivity index (χ2v) is 7.16. The molecule has 1 N–H and O–H groups in total. The van der Waals surface area contributed by atoms with Gasteiger partial charge >= 0.3 is 5.97 Å². The Labute approximate surface area is 171 Å². The third kappa shape index (κ3) is 5.82. The largest absolute Gasteiger partial charge is 0.479 e. The number of hydrogen-bond acceptors (Lipinski definition) is 5. The van der Waals surface area contributed by atoms with E-state index in [0.29, 0.717) is 11.3 Å². The van der Waals surface area contributed by atoms with E-state index in [1.807, 2.05) is 31.2 Å². The van der Waals surface area contributed by atoms with Crippen molar-refractivity contribution in [3.8, 4) is 11.8 Å². The Hall–Kier alpha value is -3.33. The zero-order valence-electron chi connectivity index (χ0n) is 17.4. The molecule has 0 saturated heterocycles. The third-order valence-corrected chi connectivity index (χ3v) is 4.47. The number of amides is 1. The molecule has 1 amide bonds. The van der Waals surface area contributed by atoms with Gasteiger partial charge in [0.05, 0.1) is 11.6 Å². The maximum Gasteiger partial charge on any atom is 0.347 e. The van der Waals surface area contributed by atoms with E-state index in [4.69, 9.17) is 14.7 Å². The number of rotatable bonds is 7. The van der Waals surface area contributed by atoms with Crippen molar-refractivity contribution < 1.29 is 19.1 Å². The molecule has 29 heavy (non-hydrogen) atoms. The maximum absolute atomic E-state index is 12.6. The van der Waals surface area contributed by atoms with Gasteiger partial charge in [0.15, 0.2) is 12.2 Å². The average Bonchev–Trinajstić information content (AvgIpc) is 2.69. The number of anilines is 1. The number of aryl methyl sites for hydroxylation is 1. The number of para-hydroxylation sites is 1. The molecule has 0 unspecified atom stereocenters. The molecular weight excluding hydrogens is 368 g/mol. The molecule has 0 radical (unpaired) electrons. The highest BCUT2D eigenvalue weighted by Gasteiger charge is 2.24. The van der Waals surface area contributed by atoms with Gasteiger partial charge in [-0.15, -0.1) is 0 Å². The smallest absolute Gasteiger partial charge is 0.347 e. The second kappa shape index (κ2) is 9.74. The van der Waals surface area contributed by atoms with Gasteiger partial charge in [0.2, 0.25) is 0 Å². The number of carbonyl (C=O) groups is 2. The molecule has 6 nitrogen and oxygen atoms in total. The van der Waals surface area contributed by atoms with Crippen LogP contribution in [0.4, 0.5) is 5.69 Å². The molecule has 0 fully saturated rings. The summed E-state index contributed by atoms with van der Waals surface area (Å²) >= 11 is 0. The topological polar surface area (TPSA) is 88.4 Å². The van der Waals surface area contributed by atoms with Crippen LogP contribution in [0.3, 0.4) is 0 Å². The zero-order chi connectivity index (χ0) is 21.6. The third-order valence-electron chi connectivity index (χ3n) is 4.47. The Balaban J connectivity index is 1.98. The van der Waals surface area contributed by atoms with Crippen LogP contribution < -0.4 is 10.1 Å². The molecule has 0 aliphatic rings. The van der Waals surface area contributed by atoms with Crippen LogP contribution in [0.5, 0.6) is 5.75 Å². The lowest BCUT2D eigenvalue weighted by Crippen LogP contribution is -2.35. The molecule has 0 heterocycles. The van der Waals surface area contributed by atoms with Gasteiger partial charge in [-0.1, -0.05) is 32.0 Å². The fourth-order valence-electron chi connectivity index (χ4n) is 2.75. The Morgan fingerprint density at radius 1 is 1.00 bits per heavy atom. The number of benzene rings is 2. The van der Waals surface area contributed by atoms with Crippen molar-refractivity contribution in [2.24, 2.45) is 0 Å². The number of nitrogens with one attached hydrogen (secondary N) is 1. The first-order chi connectivity index (χ1) is 13.7. The summed E-state index contributed by atoms with van der Waals surface area (Å²) in [6.07, 6.45) is -1.88. The van der Waals surface area contributed by atoms with E-state index in [9.17, 15) is 9.59 Å². The molecule has 2 atom stereocenters. The number of nitriles is 1. The molecule has 0 bridgehead atoms. The van der Waals surface area contributed by atoms with Crippen molar-refractivity contribution in [2.45, 2.75) is 52.7 Å². The summed E-state index contributed by atoms with van der Waals surface area (Å²) in [5, 5.41) is 11.7. The van der Waals surface area contributed by atoms with Crippen molar-refractivity contribution in [2.75, 3.05) is 5.32 Å². The number of nitrogens with zero attached hydrogens (tertiary/aromatic N) is 1. The highest BCUT2D eigenvalue weighted by Crippen LogP contribution is 2.27. The summed E-state index contributed by atoms with van der Waals surface area (Å²) < 4.78 is 10.8. The minimum atomic E-state index is -0.978. The van der Waals surface area contributed by atoms with Crippen molar-refractivity contribution in [3.05, 3.63) is 59.2 Å². The van der Waals surface area contributed by atoms with E-state index in [0.717, 1.165) is 16.8 Å². The van der Waals surface area contributed by atoms with Crippen LogP contribution in [0.2, 0.25) is 0 Å². The molecule has 0 aromatic heterocycles. The summed E-state index contributed by atoms with van der Waals surface area (Å²) in [5.41, 5.74) is 3.21. The van der Waals surface area contributed by atoms with E-state index in [-0.39, 0.29) is 5.92 Å². The van der Waals surface area contributed by atoms with Crippen LogP contribution >= 0.6 is 0 Å². The van der Waals surface area contributed by atoms with Gasteiger partial charge in [0.25, 0.3) is 5.91 Å². The monoisotopic (exact) mass is 394 g/mol. The van der Waals surface area contributed by atoms with Crippen molar-refractivity contribution in [1.82, 2.24) is 0 Å². The summed E-state index contributed by atoms with van der Waals surface area (Å²) in [5.74, 6) is -0.373. The molecule has 152 valence electrons. The summed E-state index contributed by atoms with van der Waals surface area (Å²) in [6.45, 7) is 9.09. The zero-order valence-corrected chi connectivity index (χ0v) is 17.4. The minimum Gasteiger partial charge on any atom is -0.479 e. The van der Waals surface area contributed by atoms with Gasteiger partial charge in [-0.05, 0) is 62.1 Å². The van der Waals surface area contributed by atoms with Crippen molar-refractivity contribution >= 4 is 17.6 Å². The SMILES string of the molecule is Cc1cccc(C(C)C)c1NC(=O)[C@H](C)OC(=O)[C@@H](C)Oc1ccc(C#N)cc1. The lowest BCUT2D eigenvalue weighted by atomic mass is 9.98. The second-order valence-electron chi connectivity index (χ2n) is 7.16. The Kier molecular flexibility index (Phi) is 7.38. The summed E-state index contributed by atoms with van der Waals surface area (Å²) in [7, 11) is 0. The molecule has 2 aromatic carbocycles. The summed E-state index contributed by atoms with van der Waals surface area (Å²) in [6, 6.07) is 14.2. The van der Waals surface area contributed by atoms with Crippen molar-refractivity contribution in [1.29, 1.82) is 5.26 Å². The van der Waals surface area contributed by atoms with Gasteiger partial charge in [-0.25, -0.2) is 4.79 Å². The van der Waals surface area contributed by atoms with E-state index in [1.54, 1.807) is 31.2 Å². The molecule has 0 saturated carbocycles. The molecule has 2 aromatic rings. The first kappa shape index (κ1) is 22.0. The molecular formula is C23H26N2O4. The summed E-state index contributed by atoms with van der Waals surface area (Å²) in [4.78, 5) is 24.9. The van der Waals surface area contributed by atoms with Crippen LogP contribution in [0.1, 0.15) is 50.3 Å². The molecule has 0 spiro atoms. The average molecular weight is 394 g/mol. The van der Waals surface area contributed by atoms with Crippen LogP contribution in [0.25, 0.3) is 0 Å². The van der Waals surface area contributed by atoms with E-state index < -0.39 is 24.1 Å².